The second kappa shape index (κ2) is 3.40. The number of oxime groups is 1. The molecule has 0 saturated heterocycles. The van der Waals surface area contributed by atoms with Gasteiger partial charge >= 0.3 is 0 Å². The fourth-order valence-corrected chi connectivity index (χ4v) is 0.166. The fourth-order valence-electron chi connectivity index (χ4n) is 0.166. The van der Waals surface area contributed by atoms with Crippen LogP contribution in [-0.2, 0) is 0 Å². The van der Waals surface area contributed by atoms with Crippen LogP contribution in [0.5, 0.6) is 0 Å². The molecule has 0 aliphatic carbocycles. The summed E-state index contributed by atoms with van der Waals surface area (Å²) < 4.78 is 0. The van der Waals surface area contributed by atoms with Crippen LogP contribution in [0.2, 0.25) is 0 Å². The summed E-state index contributed by atoms with van der Waals surface area (Å²) in [5.41, 5.74) is 0.961. The molecule has 0 aliphatic rings. The highest BCUT2D eigenvalue weighted by molar-refractivity contribution is 5.76. The highest BCUT2D eigenvalue weighted by Crippen LogP contribution is 1.82. The summed E-state index contributed by atoms with van der Waals surface area (Å²) >= 11 is 0. The van der Waals surface area contributed by atoms with Crippen molar-refractivity contribution in [2.45, 2.75) is 13.8 Å². The van der Waals surface area contributed by atoms with E-state index in [2.05, 4.69) is 5.16 Å². The number of rotatable bonds is 1. The van der Waals surface area contributed by atoms with E-state index < -0.39 is 0 Å². The lowest BCUT2D eigenvalue weighted by Gasteiger charge is -1.79. The lowest BCUT2D eigenvalue weighted by molar-refractivity contribution is 0.321. The van der Waals surface area contributed by atoms with Crippen LogP contribution in [0.25, 0.3) is 0 Å². The van der Waals surface area contributed by atoms with Gasteiger partial charge in [-0.15, -0.1) is 0 Å². The molecule has 0 heterocycles. The molecule has 0 rings (SSSR count). The smallest absolute Gasteiger partial charge is 0.0687 e. The van der Waals surface area contributed by atoms with E-state index in [1.807, 2.05) is 19.9 Å². The van der Waals surface area contributed by atoms with Crippen molar-refractivity contribution in [2.24, 2.45) is 5.16 Å². The molecular weight excluding hydrogens is 90.1 g/mol. The summed E-state index contributed by atoms with van der Waals surface area (Å²) in [6.45, 7) is 3.75. The van der Waals surface area contributed by atoms with Gasteiger partial charge in [-0.3, -0.25) is 0 Å². The first-order chi connectivity index (χ1) is 3.31. The van der Waals surface area contributed by atoms with Gasteiger partial charge in [-0.05, 0) is 19.4 Å². The van der Waals surface area contributed by atoms with Crippen molar-refractivity contribution in [1.29, 1.82) is 0 Å². The number of nitrogens with zero attached hydrogens (tertiary/aromatic N) is 1. The Labute approximate surface area is 43.2 Å². The highest BCUT2D eigenvalue weighted by atomic mass is 16.4. The lowest BCUT2D eigenvalue weighted by Crippen LogP contribution is -1.72. The van der Waals surface area contributed by atoms with Gasteiger partial charge in [-0.2, -0.15) is 0 Å². The van der Waals surface area contributed by atoms with E-state index in [4.69, 9.17) is 5.21 Å². The third kappa shape index (κ3) is 3.03. The molecule has 0 aromatic rings. The predicted molar refractivity (Wildman–Crippen MR) is 29.7 cm³/mol. The molecule has 0 radical (unpaired) electrons. The van der Waals surface area contributed by atoms with Gasteiger partial charge in [0.1, 0.15) is 0 Å². The van der Waals surface area contributed by atoms with Crippen LogP contribution in [0.1, 0.15) is 13.8 Å². The lowest BCUT2D eigenvalue weighted by atomic mass is 10.3. The molecular formula is C5H9NO. The molecule has 0 aromatic heterocycles. The summed E-state index contributed by atoms with van der Waals surface area (Å²) in [7, 11) is 0. The van der Waals surface area contributed by atoms with Gasteiger partial charge in [0.25, 0.3) is 0 Å². The van der Waals surface area contributed by atoms with Crippen molar-refractivity contribution in [2.75, 3.05) is 0 Å². The van der Waals surface area contributed by atoms with Gasteiger partial charge in [0.2, 0.25) is 0 Å². The first kappa shape index (κ1) is 6.21. The van der Waals surface area contributed by atoms with Crippen molar-refractivity contribution in [3.05, 3.63) is 11.6 Å². The zero-order valence-electron chi connectivity index (χ0n) is 4.55. The number of hydrogen-bond donors (Lipinski definition) is 1. The molecule has 0 atom stereocenters. The van der Waals surface area contributed by atoms with Crippen molar-refractivity contribution >= 4 is 6.21 Å². The van der Waals surface area contributed by atoms with Crippen LogP contribution in [0.3, 0.4) is 0 Å². The maximum absolute atomic E-state index is 7.90. The Morgan fingerprint density at radius 2 is 2.29 bits per heavy atom. The third-order valence-electron chi connectivity index (χ3n) is 0.717. The van der Waals surface area contributed by atoms with Crippen LogP contribution in [0.4, 0.5) is 0 Å². The average Bonchev–Trinajstić information content (AvgIpc) is 1.68. The molecule has 2 nitrogen and oxygen atoms in total. The minimum absolute atomic E-state index is 0.961. The minimum Gasteiger partial charge on any atom is -0.411 e. The van der Waals surface area contributed by atoms with E-state index >= 15 is 0 Å². The van der Waals surface area contributed by atoms with E-state index in [0.717, 1.165) is 5.57 Å². The van der Waals surface area contributed by atoms with E-state index in [1.165, 1.54) is 6.21 Å². The molecule has 0 aliphatic heterocycles. The van der Waals surface area contributed by atoms with Gasteiger partial charge < -0.3 is 5.21 Å². The highest BCUT2D eigenvalue weighted by Gasteiger charge is 1.72. The SMILES string of the molecule is C/C=C(C)/C=N/O. The Kier molecular flexibility index (Phi) is 3.02. The first-order valence-corrected chi connectivity index (χ1v) is 2.11. The minimum atomic E-state index is 0.961. The normalized spacial score (nSPS) is 13.1. The van der Waals surface area contributed by atoms with Crippen molar-refractivity contribution in [3.63, 3.8) is 0 Å². The summed E-state index contributed by atoms with van der Waals surface area (Å²) in [5, 5.41) is 10.7. The maximum atomic E-state index is 7.90. The van der Waals surface area contributed by atoms with Crippen molar-refractivity contribution in [3.8, 4) is 0 Å². The Balaban J connectivity index is 3.58. The van der Waals surface area contributed by atoms with Gasteiger partial charge in [0, 0.05) is 0 Å². The zero-order chi connectivity index (χ0) is 5.70. The van der Waals surface area contributed by atoms with Gasteiger partial charge in [-0.1, -0.05) is 11.2 Å². The summed E-state index contributed by atoms with van der Waals surface area (Å²) in [6.07, 6.45) is 3.25. The topological polar surface area (TPSA) is 32.6 Å². The van der Waals surface area contributed by atoms with Crippen LogP contribution >= 0.6 is 0 Å². The number of hydrogen-bond acceptors (Lipinski definition) is 2. The molecule has 0 spiro atoms. The fraction of sp³-hybridized carbons (Fsp3) is 0.400. The molecule has 0 unspecified atom stereocenters. The molecule has 7 heavy (non-hydrogen) atoms. The molecule has 0 bridgehead atoms. The van der Waals surface area contributed by atoms with E-state index in [0.29, 0.717) is 0 Å². The van der Waals surface area contributed by atoms with Crippen LogP contribution in [-0.4, -0.2) is 11.4 Å². The molecule has 0 amide bonds. The molecule has 0 fully saturated rings. The quantitative estimate of drug-likeness (QED) is 0.301. The molecule has 0 aromatic carbocycles. The summed E-state index contributed by atoms with van der Waals surface area (Å²) in [6, 6.07) is 0. The Hall–Kier alpha value is -0.790. The van der Waals surface area contributed by atoms with E-state index in [1.54, 1.807) is 0 Å². The van der Waals surface area contributed by atoms with Gasteiger partial charge in [0.15, 0.2) is 0 Å². The Bertz CT molecular complexity index is 94.3. The first-order valence-electron chi connectivity index (χ1n) is 2.11. The van der Waals surface area contributed by atoms with E-state index in [-0.39, 0.29) is 0 Å². The zero-order valence-corrected chi connectivity index (χ0v) is 4.55. The van der Waals surface area contributed by atoms with Crippen molar-refractivity contribution < 1.29 is 5.21 Å². The van der Waals surface area contributed by atoms with Crippen LogP contribution < -0.4 is 0 Å². The Morgan fingerprint density at radius 3 is 2.43 bits per heavy atom. The average molecular weight is 99.1 g/mol. The third-order valence-corrected chi connectivity index (χ3v) is 0.717. The van der Waals surface area contributed by atoms with Crippen LogP contribution in [0.15, 0.2) is 16.8 Å². The predicted octanol–water partition coefficient (Wildman–Crippen LogP) is 1.41. The molecule has 2 heteroatoms. The monoisotopic (exact) mass is 99.1 g/mol. The van der Waals surface area contributed by atoms with Crippen molar-refractivity contribution in [1.82, 2.24) is 0 Å². The second-order valence-electron chi connectivity index (χ2n) is 1.28. The largest absolute Gasteiger partial charge is 0.411 e. The standard InChI is InChI=1S/C5H9NO/c1-3-5(2)4-6-7/h3-4,7H,1-2H3/b5-3+,6-4+. The van der Waals surface area contributed by atoms with Gasteiger partial charge in [0.05, 0.1) is 6.21 Å². The number of allylic oxidation sites excluding steroid dienone is 2. The van der Waals surface area contributed by atoms with E-state index in [9.17, 15) is 0 Å². The second-order valence-corrected chi connectivity index (χ2v) is 1.28. The summed E-state index contributed by atoms with van der Waals surface area (Å²) in [5.74, 6) is 0. The molecule has 0 saturated carbocycles. The maximum Gasteiger partial charge on any atom is 0.0687 e. The van der Waals surface area contributed by atoms with Crippen LogP contribution in [0, 0.1) is 0 Å². The summed E-state index contributed by atoms with van der Waals surface area (Å²) in [4.78, 5) is 0. The molecule has 1 N–H and O–H groups in total. The molecule has 40 valence electrons. The Morgan fingerprint density at radius 1 is 1.71 bits per heavy atom. The van der Waals surface area contributed by atoms with Gasteiger partial charge in [-0.25, -0.2) is 0 Å².